The Hall–Kier alpha value is -1.60. The molecule has 0 heterocycles. The van der Waals surface area contributed by atoms with Gasteiger partial charge in [-0.15, -0.1) is 0 Å². The highest BCUT2D eigenvalue weighted by Crippen LogP contribution is 2.21. The van der Waals surface area contributed by atoms with Gasteiger partial charge in [-0.05, 0) is 34.9 Å². The molecule has 2 aromatic carbocycles. The molecular formula is C16H13Br. The van der Waals surface area contributed by atoms with Gasteiger partial charge in [-0.2, -0.15) is 0 Å². The third-order valence-corrected chi connectivity index (χ3v) is 3.05. The molecule has 2 aromatic rings. The van der Waals surface area contributed by atoms with Crippen molar-refractivity contribution in [1.29, 1.82) is 0 Å². The van der Waals surface area contributed by atoms with E-state index in [0.29, 0.717) is 0 Å². The molecule has 84 valence electrons. The highest BCUT2D eigenvalue weighted by Gasteiger charge is 1.97. The predicted molar refractivity (Wildman–Crippen MR) is 78.7 cm³/mol. The Morgan fingerprint density at radius 3 is 2.18 bits per heavy atom. The SMILES string of the molecule is C=C/C(=C/c1ccccc1)c1ccc(Br)cc1. The van der Waals surface area contributed by atoms with Crippen LogP contribution in [0.1, 0.15) is 11.1 Å². The number of halogens is 1. The van der Waals surface area contributed by atoms with Gasteiger partial charge in [0, 0.05) is 4.47 Å². The molecule has 0 N–H and O–H groups in total. The van der Waals surface area contributed by atoms with Gasteiger partial charge >= 0.3 is 0 Å². The minimum Gasteiger partial charge on any atom is -0.0984 e. The van der Waals surface area contributed by atoms with Crippen LogP contribution in [0.3, 0.4) is 0 Å². The van der Waals surface area contributed by atoms with Crippen LogP contribution < -0.4 is 0 Å². The van der Waals surface area contributed by atoms with E-state index in [1.54, 1.807) is 0 Å². The average Bonchev–Trinajstić information content (AvgIpc) is 2.38. The van der Waals surface area contributed by atoms with Crippen molar-refractivity contribution in [2.24, 2.45) is 0 Å². The van der Waals surface area contributed by atoms with Gasteiger partial charge in [0.2, 0.25) is 0 Å². The summed E-state index contributed by atoms with van der Waals surface area (Å²) in [7, 11) is 0. The second-order valence-electron chi connectivity index (χ2n) is 3.72. The summed E-state index contributed by atoms with van der Waals surface area (Å²) in [6.45, 7) is 3.88. The van der Waals surface area contributed by atoms with E-state index in [9.17, 15) is 0 Å². The Morgan fingerprint density at radius 2 is 1.59 bits per heavy atom. The van der Waals surface area contributed by atoms with Crippen LogP contribution in [0.25, 0.3) is 11.6 Å². The molecule has 0 aliphatic rings. The normalized spacial score (nSPS) is 11.2. The van der Waals surface area contributed by atoms with E-state index < -0.39 is 0 Å². The molecule has 0 fully saturated rings. The molecule has 0 bridgehead atoms. The molecule has 0 unspecified atom stereocenters. The van der Waals surface area contributed by atoms with E-state index >= 15 is 0 Å². The van der Waals surface area contributed by atoms with Crippen molar-refractivity contribution in [3.63, 3.8) is 0 Å². The van der Waals surface area contributed by atoms with Gasteiger partial charge in [-0.3, -0.25) is 0 Å². The summed E-state index contributed by atoms with van der Waals surface area (Å²) in [6.07, 6.45) is 4.02. The highest BCUT2D eigenvalue weighted by atomic mass is 79.9. The Morgan fingerprint density at radius 1 is 0.941 bits per heavy atom. The fraction of sp³-hybridized carbons (Fsp3) is 0. The van der Waals surface area contributed by atoms with Crippen molar-refractivity contribution in [1.82, 2.24) is 0 Å². The zero-order valence-corrected chi connectivity index (χ0v) is 11.0. The van der Waals surface area contributed by atoms with Crippen molar-refractivity contribution in [3.8, 4) is 0 Å². The Balaban J connectivity index is 2.37. The molecule has 0 radical (unpaired) electrons. The molecule has 17 heavy (non-hydrogen) atoms. The number of hydrogen-bond donors (Lipinski definition) is 0. The summed E-state index contributed by atoms with van der Waals surface area (Å²) in [4.78, 5) is 0. The lowest BCUT2D eigenvalue weighted by atomic mass is 10.0. The topological polar surface area (TPSA) is 0 Å². The van der Waals surface area contributed by atoms with Crippen LogP contribution in [0.4, 0.5) is 0 Å². The Kier molecular flexibility index (Phi) is 3.94. The van der Waals surface area contributed by atoms with Gasteiger partial charge < -0.3 is 0 Å². The lowest BCUT2D eigenvalue weighted by molar-refractivity contribution is 1.58. The van der Waals surface area contributed by atoms with E-state index in [-0.39, 0.29) is 0 Å². The molecule has 0 aliphatic heterocycles. The van der Waals surface area contributed by atoms with Gasteiger partial charge in [-0.1, -0.05) is 71.0 Å². The van der Waals surface area contributed by atoms with Crippen molar-refractivity contribution in [2.45, 2.75) is 0 Å². The van der Waals surface area contributed by atoms with Crippen molar-refractivity contribution < 1.29 is 0 Å². The summed E-state index contributed by atoms with van der Waals surface area (Å²) in [5.74, 6) is 0. The van der Waals surface area contributed by atoms with Gasteiger partial charge in [0.05, 0.1) is 0 Å². The highest BCUT2D eigenvalue weighted by molar-refractivity contribution is 9.10. The molecular weight excluding hydrogens is 272 g/mol. The molecule has 0 amide bonds. The van der Waals surface area contributed by atoms with Gasteiger partial charge in [-0.25, -0.2) is 0 Å². The third kappa shape index (κ3) is 3.18. The number of benzene rings is 2. The van der Waals surface area contributed by atoms with Crippen LogP contribution in [0.2, 0.25) is 0 Å². The first-order chi connectivity index (χ1) is 8.29. The summed E-state index contributed by atoms with van der Waals surface area (Å²) in [6, 6.07) is 18.5. The number of allylic oxidation sites excluding steroid dienone is 2. The van der Waals surface area contributed by atoms with Gasteiger partial charge in [0.15, 0.2) is 0 Å². The van der Waals surface area contributed by atoms with Crippen molar-refractivity contribution in [2.75, 3.05) is 0 Å². The smallest absolute Gasteiger partial charge is 0.0175 e. The predicted octanol–water partition coefficient (Wildman–Crippen LogP) is 5.18. The molecule has 1 heteroatoms. The Labute approximate surface area is 110 Å². The minimum atomic E-state index is 1.09. The zero-order valence-electron chi connectivity index (χ0n) is 9.44. The molecule has 0 saturated heterocycles. The fourth-order valence-corrected chi connectivity index (χ4v) is 1.90. The minimum absolute atomic E-state index is 1.09. The zero-order chi connectivity index (χ0) is 12.1. The summed E-state index contributed by atoms with van der Waals surface area (Å²) < 4.78 is 1.09. The van der Waals surface area contributed by atoms with Gasteiger partial charge in [0.1, 0.15) is 0 Å². The molecule has 0 saturated carbocycles. The van der Waals surface area contributed by atoms with E-state index in [0.717, 1.165) is 10.0 Å². The second-order valence-corrected chi connectivity index (χ2v) is 4.64. The first kappa shape index (κ1) is 11.9. The average molecular weight is 285 g/mol. The monoisotopic (exact) mass is 284 g/mol. The van der Waals surface area contributed by atoms with Crippen LogP contribution in [-0.4, -0.2) is 0 Å². The van der Waals surface area contributed by atoms with Crippen LogP contribution in [0, 0.1) is 0 Å². The molecule has 0 atom stereocenters. The lowest BCUT2D eigenvalue weighted by Gasteiger charge is -2.03. The Bertz CT molecular complexity index is 521. The number of rotatable bonds is 3. The summed E-state index contributed by atoms with van der Waals surface area (Å²) in [5.41, 5.74) is 3.49. The first-order valence-corrected chi connectivity index (χ1v) is 6.24. The van der Waals surface area contributed by atoms with E-state index in [4.69, 9.17) is 0 Å². The maximum absolute atomic E-state index is 3.88. The third-order valence-electron chi connectivity index (χ3n) is 2.52. The summed E-state index contributed by atoms with van der Waals surface area (Å²) in [5, 5.41) is 0. The second kappa shape index (κ2) is 5.65. The van der Waals surface area contributed by atoms with Crippen LogP contribution in [0.15, 0.2) is 71.7 Å². The molecule has 0 aromatic heterocycles. The largest absolute Gasteiger partial charge is 0.0984 e. The molecule has 0 nitrogen and oxygen atoms in total. The van der Waals surface area contributed by atoms with Crippen LogP contribution in [-0.2, 0) is 0 Å². The fourth-order valence-electron chi connectivity index (χ4n) is 1.63. The van der Waals surface area contributed by atoms with Crippen LogP contribution >= 0.6 is 15.9 Å². The maximum Gasteiger partial charge on any atom is 0.0175 e. The quantitative estimate of drug-likeness (QED) is 0.538. The van der Waals surface area contributed by atoms with Crippen LogP contribution in [0.5, 0.6) is 0 Å². The van der Waals surface area contributed by atoms with E-state index in [1.807, 2.05) is 36.4 Å². The summed E-state index contributed by atoms with van der Waals surface area (Å²) >= 11 is 3.44. The first-order valence-electron chi connectivity index (χ1n) is 5.45. The maximum atomic E-state index is 3.88. The molecule has 0 aliphatic carbocycles. The standard InChI is InChI=1S/C16H13Br/c1-2-14(12-13-6-4-3-5-7-13)15-8-10-16(17)11-9-15/h2-12H,1H2/b14-12-. The van der Waals surface area contributed by atoms with Crippen molar-refractivity contribution in [3.05, 3.63) is 82.9 Å². The molecule has 2 rings (SSSR count). The number of hydrogen-bond acceptors (Lipinski definition) is 0. The van der Waals surface area contributed by atoms with Crippen molar-refractivity contribution >= 4 is 27.6 Å². The molecule has 0 spiro atoms. The van der Waals surface area contributed by atoms with Gasteiger partial charge in [0.25, 0.3) is 0 Å². The van der Waals surface area contributed by atoms with E-state index in [2.05, 4.69) is 52.9 Å². The lowest BCUT2D eigenvalue weighted by Crippen LogP contribution is -1.80. The van der Waals surface area contributed by atoms with E-state index in [1.165, 1.54) is 11.1 Å².